The Morgan fingerprint density at radius 3 is 1.11 bits per heavy atom. The lowest BCUT2D eigenvalue weighted by molar-refractivity contribution is 0.582. The Hall–Kier alpha value is -6.97. The van der Waals surface area contributed by atoms with E-state index in [1.54, 1.807) is 12.5 Å². The predicted molar refractivity (Wildman–Crippen MR) is 267 cm³/mol. The number of benzene rings is 7. The minimum absolute atomic E-state index is 0.0278. The summed E-state index contributed by atoms with van der Waals surface area (Å²) >= 11 is 0. The zero-order valence-corrected chi connectivity index (χ0v) is 36.8. The minimum Gasteiger partial charge on any atom is -0.464 e. The van der Waals surface area contributed by atoms with E-state index in [9.17, 15) is 0 Å². The van der Waals surface area contributed by atoms with Gasteiger partial charge in [-0.25, -0.2) is 0 Å². The number of para-hydroxylation sites is 1. The van der Waals surface area contributed by atoms with Crippen LogP contribution >= 0.6 is 0 Å². The Morgan fingerprint density at radius 2 is 0.746 bits per heavy atom. The van der Waals surface area contributed by atoms with Crippen LogP contribution in [0.4, 0.5) is 17.1 Å². The van der Waals surface area contributed by atoms with E-state index in [0.29, 0.717) is 0 Å². The summed E-state index contributed by atoms with van der Waals surface area (Å²) in [5, 5.41) is 0. The first-order valence-electron chi connectivity index (χ1n) is 22.2. The fourth-order valence-corrected chi connectivity index (χ4v) is 9.96. The van der Waals surface area contributed by atoms with Gasteiger partial charge >= 0.3 is 0 Å². The van der Waals surface area contributed by atoms with E-state index in [2.05, 4.69) is 198 Å². The summed E-state index contributed by atoms with van der Waals surface area (Å²) in [5.74, 6) is 1.75. The quantitative estimate of drug-likeness (QED) is 0.157. The van der Waals surface area contributed by atoms with Crippen molar-refractivity contribution in [3.05, 3.63) is 200 Å². The minimum atomic E-state index is 0.0278. The molecule has 63 heavy (non-hydrogen) atoms. The summed E-state index contributed by atoms with van der Waals surface area (Å²) < 4.78 is 11.5. The van der Waals surface area contributed by atoms with E-state index in [4.69, 9.17) is 8.83 Å². The summed E-state index contributed by atoms with van der Waals surface area (Å²) in [4.78, 5) is 2.57. The molecule has 0 aliphatic carbocycles. The van der Waals surface area contributed by atoms with Gasteiger partial charge in [0.15, 0.2) is 0 Å². The summed E-state index contributed by atoms with van der Waals surface area (Å²) in [6.45, 7) is 13.8. The van der Waals surface area contributed by atoms with Crippen molar-refractivity contribution in [1.82, 2.24) is 0 Å². The van der Waals surface area contributed by atoms with Crippen molar-refractivity contribution in [1.29, 1.82) is 0 Å². The topological polar surface area (TPSA) is 29.5 Å². The van der Waals surface area contributed by atoms with Gasteiger partial charge < -0.3 is 13.7 Å². The monoisotopic (exact) mass is 813 g/mol. The molecular weight excluding hydrogens is 764 g/mol. The van der Waals surface area contributed by atoms with Crippen molar-refractivity contribution < 1.29 is 8.83 Å². The fourth-order valence-electron chi connectivity index (χ4n) is 9.96. The van der Waals surface area contributed by atoms with E-state index < -0.39 is 0 Å². The van der Waals surface area contributed by atoms with Gasteiger partial charge in [-0.05, 0) is 102 Å². The highest BCUT2D eigenvalue weighted by Gasteiger charge is 2.43. The molecular formula is C58H49B2NO2. The van der Waals surface area contributed by atoms with E-state index in [1.165, 1.54) is 83.2 Å². The van der Waals surface area contributed by atoms with E-state index in [1.807, 2.05) is 24.3 Å². The summed E-state index contributed by atoms with van der Waals surface area (Å²) in [6, 6.07) is 65.6. The maximum atomic E-state index is 5.73. The lowest BCUT2D eigenvalue weighted by atomic mass is 9.30. The maximum Gasteiger partial charge on any atom is 0.246 e. The molecule has 0 saturated carbocycles. The normalized spacial score (nSPS) is 13.1. The summed E-state index contributed by atoms with van der Waals surface area (Å²) in [7, 11) is 0. The Morgan fingerprint density at radius 1 is 0.365 bits per heavy atom. The van der Waals surface area contributed by atoms with Crippen molar-refractivity contribution in [3.63, 3.8) is 0 Å². The molecule has 0 saturated heterocycles. The molecule has 9 aromatic rings. The molecule has 0 amide bonds. The fraction of sp³-hybridized carbons (Fsp3) is 0.138. The van der Waals surface area contributed by atoms with Gasteiger partial charge in [0, 0.05) is 28.2 Å². The first kappa shape index (κ1) is 38.9. The standard InChI is InChI=1S/C58H49B2NO2/c1-57(2,3)44-24-28-46(29-25-44)59-48-10-7-11-49-56(48)61(52-32-22-42(36-50(52)59)38-14-18-40(19-15-38)54-12-8-34-62-54)53-33-23-43(39-16-20-41(21-17-39)55-13-9-35-63-55)37-51(53)60(49)47-30-26-45(27-31-47)58(4,5)6/h7-37H,1-6H3. The smallest absolute Gasteiger partial charge is 0.246 e. The SMILES string of the molecule is CC(C)(C)c1ccc(B2c3cc(-c4ccc(-c5ccco5)cc4)ccc3N3c4ccc(-c5ccc(-c6ccco6)cc5)cc4B(c4ccc(C(C)(C)C)cc4)c4cccc2c43)cc1. The van der Waals surface area contributed by atoms with Crippen molar-refractivity contribution in [2.45, 2.75) is 52.4 Å². The molecule has 4 heterocycles. The largest absolute Gasteiger partial charge is 0.464 e. The van der Waals surface area contributed by atoms with Crippen LogP contribution in [0.5, 0.6) is 0 Å². The Labute approximate surface area is 372 Å². The van der Waals surface area contributed by atoms with Crippen LogP contribution in [-0.2, 0) is 10.8 Å². The van der Waals surface area contributed by atoms with Gasteiger partial charge in [-0.15, -0.1) is 0 Å². The second-order valence-corrected chi connectivity index (χ2v) is 19.4. The average molecular weight is 814 g/mol. The van der Waals surface area contributed by atoms with Crippen LogP contribution in [0.3, 0.4) is 0 Å². The first-order valence-corrected chi connectivity index (χ1v) is 22.2. The van der Waals surface area contributed by atoms with Crippen LogP contribution in [0.25, 0.3) is 44.9 Å². The molecule has 0 radical (unpaired) electrons. The van der Waals surface area contributed by atoms with Gasteiger partial charge in [-0.1, -0.05) is 192 Å². The zero-order chi connectivity index (χ0) is 43.0. The van der Waals surface area contributed by atoms with Gasteiger partial charge in [0.25, 0.3) is 0 Å². The van der Waals surface area contributed by atoms with Gasteiger partial charge in [0.1, 0.15) is 11.5 Å². The Kier molecular flexibility index (Phi) is 9.17. The second kappa shape index (κ2) is 14.8. The van der Waals surface area contributed by atoms with Crippen molar-refractivity contribution >= 4 is 63.3 Å². The molecule has 2 aliphatic heterocycles. The van der Waals surface area contributed by atoms with Crippen molar-refractivity contribution in [3.8, 4) is 44.9 Å². The van der Waals surface area contributed by atoms with E-state index in [0.717, 1.165) is 22.6 Å². The molecule has 3 nitrogen and oxygen atoms in total. The third kappa shape index (κ3) is 6.78. The lowest BCUT2D eigenvalue weighted by Gasteiger charge is -2.44. The number of anilines is 3. The van der Waals surface area contributed by atoms with Gasteiger partial charge in [0.05, 0.1) is 12.5 Å². The average Bonchev–Trinajstić information content (AvgIpc) is 4.05. The molecule has 11 rings (SSSR count). The number of fused-ring (bicyclic) bond motifs is 4. The molecule has 5 heteroatoms. The Balaban J connectivity index is 1.11. The van der Waals surface area contributed by atoms with Gasteiger partial charge in [0.2, 0.25) is 13.4 Å². The second-order valence-electron chi connectivity index (χ2n) is 19.4. The molecule has 2 aliphatic rings. The highest BCUT2D eigenvalue weighted by atomic mass is 16.3. The van der Waals surface area contributed by atoms with Crippen LogP contribution in [-0.4, -0.2) is 13.4 Å². The van der Waals surface area contributed by atoms with E-state index >= 15 is 0 Å². The van der Waals surface area contributed by atoms with Crippen LogP contribution in [0, 0.1) is 0 Å². The molecule has 0 N–H and O–H groups in total. The van der Waals surface area contributed by atoms with Gasteiger partial charge in [-0.2, -0.15) is 0 Å². The maximum absolute atomic E-state index is 5.73. The zero-order valence-electron chi connectivity index (χ0n) is 36.8. The van der Waals surface area contributed by atoms with Crippen molar-refractivity contribution in [2.24, 2.45) is 0 Å². The molecule has 7 aromatic carbocycles. The third-order valence-electron chi connectivity index (χ3n) is 13.4. The number of nitrogens with zero attached hydrogens (tertiary/aromatic N) is 1. The number of furan rings is 2. The molecule has 0 unspecified atom stereocenters. The molecule has 304 valence electrons. The van der Waals surface area contributed by atoms with E-state index in [-0.39, 0.29) is 24.3 Å². The van der Waals surface area contributed by atoms with Crippen LogP contribution in [0.1, 0.15) is 52.7 Å². The summed E-state index contributed by atoms with van der Waals surface area (Å²) in [5.41, 5.74) is 21.2. The number of rotatable bonds is 6. The van der Waals surface area contributed by atoms with Crippen LogP contribution < -0.4 is 37.7 Å². The van der Waals surface area contributed by atoms with Crippen LogP contribution in [0.15, 0.2) is 197 Å². The van der Waals surface area contributed by atoms with Gasteiger partial charge in [-0.3, -0.25) is 0 Å². The highest BCUT2D eigenvalue weighted by Crippen LogP contribution is 2.40. The third-order valence-corrected chi connectivity index (χ3v) is 13.4. The Bertz CT molecular complexity index is 2890. The lowest BCUT2D eigenvalue weighted by Crippen LogP contribution is -2.65. The number of hydrogen-bond acceptors (Lipinski definition) is 3. The molecule has 0 spiro atoms. The highest BCUT2D eigenvalue weighted by molar-refractivity contribution is 7.02. The van der Waals surface area contributed by atoms with Crippen molar-refractivity contribution in [2.75, 3.05) is 4.90 Å². The van der Waals surface area contributed by atoms with Crippen LogP contribution in [0.2, 0.25) is 0 Å². The summed E-state index contributed by atoms with van der Waals surface area (Å²) in [6.07, 6.45) is 3.46. The first-order chi connectivity index (χ1) is 30.5. The molecule has 0 bridgehead atoms. The predicted octanol–water partition coefficient (Wildman–Crippen LogP) is 11.3. The number of hydrogen-bond donors (Lipinski definition) is 0. The molecule has 0 atom stereocenters. The molecule has 0 fully saturated rings. The molecule has 2 aromatic heterocycles.